The van der Waals surface area contributed by atoms with Gasteiger partial charge in [-0.25, -0.2) is 12.9 Å². The lowest BCUT2D eigenvalue weighted by Gasteiger charge is -2.09. The molecule has 110 valence electrons. The first kappa shape index (κ1) is 16.5. The van der Waals surface area contributed by atoms with Gasteiger partial charge in [-0.15, -0.1) is 0 Å². The number of alkyl halides is 2. The topological polar surface area (TPSA) is 29.9 Å². The first-order chi connectivity index (χ1) is 9.65. The third-order valence-corrected chi connectivity index (χ3v) is 3.21. The van der Waals surface area contributed by atoms with Crippen molar-refractivity contribution in [3.63, 3.8) is 0 Å². The zero-order valence-electron chi connectivity index (χ0n) is 12.0. The van der Waals surface area contributed by atoms with Crippen LogP contribution in [0.3, 0.4) is 0 Å². The third-order valence-electron chi connectivity index (χ3n) is 2.63. The van der Waals surface area contributed by atoms with Crippen molar-refractivity contribution in [3.8, 4) is 11.1 Å². The Hall–Kier alpha value is -1.56. The highest BCUT2D eigenvalue weighted by molar-refractivity contribution is 7.97. The van der Waals surface area contributed by atoms with Crippen molar-refractivity contribution in [2.45, 2.75) is 20.3 Å². The van der Waals surface area contributed by atoms with Gasteiger partial charge in [0.15, 0.2) is 0 Å². The van der Waals surface area contributed by atoms with Crippen LogP contribution < -0.4 is 5.32 Å². The van der Waals surface area contributed by atoms with E-state index in [2.05, 4.69) is 10.4 Å². The van der Waals surface area contributed by atoms with E-state index in [9.17, 15) is 8.78 Å². The molecular weight excluding hydrogens is 280 g/mol. The molecule has 0 aliphatic rings. The Morgan fingerprint density at radius 3 is 2.50 bits per heavy atom. The van der Waals surface area contributed by atoms with E-state index in [1.54, 1.807) is 35.7 Å². The minimum atomic E-state index is -2.51. The highest BCUT2D eigenvalue weighted by Crippen LogP contribution is 2.33. The molecule has 0 unspecified atom stereocenters. The summed E-state index contributed by atoms with van der Waals surface area (Å²) in [6.45, 7) is 4.00. The number of hydrogen-bond donors (Lipinski definition) is 1. The van der Waals surface area contributed by atoms with Crippen molar-refractivity contribution in [1.82, 2.24) is 9.19 Å². The van der Waals surface area contributed by atoms with Gasteiger partial charge in [-0.1, -0.05) is 19.9 Å². The van der Waals surface area contributed by atoms with Gasteiger partial charge in [-0.05, 0) is 29.6 Å². The Morgan fingerprint density at radius 1 is 1.30 bits per heavy atom. The molecule has 0 amide bonds. The zero-order valence-corrected chi connectivity index (χ0v) is 12.8. The average molecular weight is 299 g/mol. The van der Waals surface area contributed by atoms with Crippen molar-refractivity contribution in [3.05, 3.63) is 36.2 Å². The van der Waals surface area contributed by atoms with Crippen molar-refractivity contribution in [2.75, 3.05) is 18.6 Å². The Morgan fingerprint density at radius 2 is 2.00 bits per heavy atom. The van der Waals surface area contributed by atoms with E-state index in [1.807, 2.05) is 20.1 Å². The van der Waals surface area contributed by atoms with Crippen molar-refractivity contribution < 1.29 is 8.78 Å². The Balaban J connectivity index is 0.000000956. The van der Waals surface area contributed by atoms with E-state index < -0.39 is 6.43 Å². The lowest BCUT2D eigenvalue weighted by atomic mass is 10.0. The molecule has 6 heteroatoms. The van der Waals surface area contributed by atoms with Crippen molar-refractivity contribution >= 4 is 17.6 Å². The second-order valence-electron chi connectivity index (χ2n) is 3.67. The molecule has 0 saturated heterocycles. The monoisotopic (exact) mass is 299 g/mol. The number of halogens is 2. The van der Waals surface area contributed by atoms with E-state index in [4.69, 9.17) is 0 Å². The Kier molecular flexibility index (Phi) is 6.51. The molecule has 1 aromatic heterocycles. The molecule has 0 bridgehead atoms. The molecule has 0 spiro atoms. The van der Waals surface area contributed by atoms with E-state index in [0.29, 0.717) is 16.8 Å². The molecule has 3 nitrogen and oxygen atoms in total. The first-order valence-electron chi connectivity index (χ1n) is 6.35. The smallest absolute Gasteiger partial charge is 0.264 e. The summed E-state index contributed by atoms with van der Waals surface area (Å²) >= 11 is 1.41. The Bertz CT molecular complexity index is 541. The fourth-order valence-corrected chi connectivity index (χ4v) is 2.07. The molecule has 2 aromatic rings. The van der Waals surface area contributed by atoms with Gasteiger partial charge in [-0.3, -0.25) is 0 Å². The molecule has 2 rings (SSSR count). The van der Waals surface area contributed by atoms with Crippen LogP contribution in [-0.2, 0) is 0 Å². The summed E-state index contributed by atoms with van der Waals surface area (Å²) < 4.78 is 27.8. The summed E-state index contributed by atoms with van der Waals surface area (Å²) in [5, 5.41) is 6.93. The maximum atomic E-state index is 13.1. The van der Waals surface area contributed by atoms with Gasteiger partial charge in [0.1, 0.15) is 0 Å². The van der Waals surface area contributed by atoms with Crippen LogP contribution in [-0.4, -0.2) is 22.5 Å². The molecule has 0 aliphatic carbocycles. The normalized spacial score (nSPS) is 10.2. The Labute approximate surface area is 122 Å². The quantitative estimate of drug-likeness (QED) is 0.889. The first-order valence-corrected chi connectivity index (χ1v) is 7.53. The second-order valence-corrected chi connectivity index (χ2v) is 4.41. The van der Waals surface area contributed by atoms with Gasteiger partial charge in [0.2, 0.25) is 0 Å². The van der Waals surface area contributed by atoms with Crippen LogP contribution in [0.15, 0.2) is 30.6 Å². The van der Waals surface area contributed by atoms with Crippen LogP contribution in [0.4, 0.5) is 14.5 Å². The van der Waals surface area contributed by atoms with E-state index in [0.717, 1.165) is 0 Å². The predicted molar refractivity (Wildman–Crippen MR) is 82.4 cm³/mol. The van der Waals surface area contributed by atoms with Crippen molar-refractivity contribution in [1.29, 1.82) is 0 Å². The number of nitrogens with one attached hydrogen (secondary N) is 1. The van der Waals surface area contributed by atoms with Crippen LogP contribution in [0.1, 0.15) is 25.8 Å². The minimum Gasteiger partial charge on any atom is -0.388 e. The molecule has 0 atom stereocenters. The molecule has 1 N–H and O–H groups in total. The summed E-state index contributed by atoms with van der Waals surface area (Å²) in [6, 6.07) is 4.93. The largest absolute Gasteiger partial charge is 0.388 e. The zero-order chi connectivity index (χ0) is 15.1. The molecule has 1 aromatic carbocycles. The maximum Gasteiger partial charge on any atom is 0.264 e. The van der Waals surface area contributed by atoms with E-state index in [1.165, 1.54) is 18.0 Å². The number of hydrogen-bond acceptors (Lipinski definition) is 3. The molecule has 0 radical (unpaired) electrons. The van der Waals surface area contributed by atoms with Gasteiger partial charge in [0.25, 0.3) is 6.43 Å². The number of anilines is 1. The van der Waals surface area contributed by atoms with Crippen molar-refractivity contribution in [2.24, 2.45) is 0 Å². The number of nitrogens with zero attached hydrogens (tertiary/aromatic N) is 2. The number of aromatic nitrogens is 2. The lowest BCUT2D eigenvalue weighted by molar-refractivity contribution is 0.152. The average Bonchev–Trinajstić information content (AvgIpc) is 2.97. The van der Waals surface area contributed by atoms with Crippen LogP contribution >= 0.6 is 11.9 Å². The van der Waals surface area contributed by atoms with Gasteiger partial charge in [0.05, 0.1) is 6.20 Å². The van der Waals surface area contributed by atoms with Gasteiger partial charge >= 0.3 is 0 Å². The summed E-state index contributed by atoms with van der Waals surface area (Å²) in [6.07, 6.45) is 2.70. The standard InChI is InChI=1S/C12H13F2N3S.C2H6/c1-15-9-3-4-10(11(5-9)12(13)14)8-6-16-17(7-8)18-2;1-2/h3-7,12,15H,1-2H3;1-2H3. The van der Waals surface area contributed by atoms with Gasteiger partial charge in [-0.2, -0.15) is 5.10 Å². The molecule has 1 heterocycles. The van der Waals surface area contributed by atoms with Crippen LogP contribution in [0.2, 0.25) is 0 Å². The fourth-order valence-electron chi connectivity index (χ4n) is 1.71. The molecule has 20 heavy (non-hydrogen) atoms. The molecular formula is C14H19F2N3S. The molecule has 0 aliphatic heterocycles. The number of benzene rings is 1. The van der Waals surface area contributed by atoms with Crippen LogP contribution in [0.25, 0.3) is 11.1 Å². The lowest BCUT2D eigenvalue weighted by Crippen LogP contribution is -1.94. The SMILES string of the molecule is CC.CNc1ccc(-c2cnn(SC)c2)c(C(F)F)c1. The van der Waals surface area contributed by atoms with Gasteiger partial charge < -0.3 is 5.32 Å². The molecule has 0 saturated carbocycles. The third kappa shape index (κ3) is 3.72. The number of rotatable bonds is 4. The summed E-state index contributed by atoms with van der Waals surface area (Å²) in [4.78, 5) is 0. The highest BCUT2D eigenvalue weighted by atomic mass is 32.2. The summed E-state index contributed by atoms with van der Waals surface area (Å²) in [5.74, 6) is 0. The van der Waals surface area contributed by atoms with Crippen LogP contribution in [0, 0.1) is 0 Å². The van der Waals surface area contributed by atoms with Crippen LogP contribution in [0.5, 0.6) is 0 Å². The minimum absolute atomic E-state index is 0.0162. The highest BCUT2D eigenvalue weighted by Gasteiger charge is 2.16. The molecule has 0 fully saturated rings. The summed E-state index contributed by atoms with van der Waals surface area (Å²) in [7, 11) is 1.70. The fraction of sp³-hybridized carbons (Fsp3) is 0.357. The second kappa shape index (κ2) is 7.89. The predicted octanol–water partition coefficient (Wildman–Crippen LogP) is 4.68. The van der Waals surface area contributed by atoms with E-state index >= 15 is 0 Å². The summed E-state index contributed by atoms with van der Waals surface area (Å²) in [5.41, 5.74) is 1.90. The maximum absolute atomic E-state index is 13.1. The van der Waals surface area contributed by atoms with E-state index in [-0.39, 0.29) is 5.56 Å². The van der Waals surface area contributed by atoms with Gasteiger partial charge in [0, 0.05) is 36.3 Å².